The number of hydrogen-bond donors (Lipinski definition) is 0. The smallest absolute Gasteiger partial charge is 0.221 e. The van der Waals surface area contributed by atoms with E-state index in [1.807, 2.05) is 6.07 Å². The zero-order valence-corrected chi connectivity index (χ0v) is 20.8. The monoisotopic (exact) mass is 501 g/mol. The van der Waals surface area contributed by atoms with E-state index in [0.29, 0.717) is 18.4 Å². The summed E-state index contributed by atoms with van der Waals surface area (Å²) in [4.78, 5) is 16.5. The summed E-state index contributed by atoms with van der Waals surface area (Å²) in [6.07, 6.45) is 4.15. The molecule has 1 unspecified atom stereocenters. The molecule has 2 aromatic carbocycles. The van der Waals surface area contributed by atoms with Gasteiger partial charge in [-0.25, -0.2) is 22.2 Å². The molecule has 3 atom stereocenters. The number of carbonyl (C=O) groups excluding carboxylic acids is 1. The molecule has 9 heteroatoms. The molecule has 35 heavy (non-hydrogen) atoms. The van der Waals surface area contributed by atoms with Crippen molar-refractivity contribution in [1.82, 2.24) is 13.9 Å². The van der Waals surface area contributed by atoms with Crippen LogP contribution in [-0.4, -0.2) is 34.1 Å². The first-order valence-electron chi connectivity index (χ1n) is 11.6. The summed E-state index contributed by atoms with van der Waals surface area (Å²) in [6.45, 7) is 3.18. The maximum atomic E-state index is 15.1. The maximum Gasteiger partial charge on any atom is 0.221 e. The normalized spacial score (nSPS) is 21.1. The molecule has 0 aliphatic carbocycles. The predicted octanol–water partition coefficient (Wildman–Crippen LogP) is 5.13. The average Bonchev–Trinajstić information content (AvgIpc) is 3.25. The second kappa shape index (κ2) is 9.99. The van der Waals surface area contributed by atoms with E-state index in [4.69, 9.17) is 0 Å². The van der Waals surface area contributed by atoms with Crippen molar-refractivity contribution in [2.45, 2.75) is 56.9 Å². The molecule has 1 saturated heterocycles. The van der Waals surface area contributed by atoms with Gasteiger partial charge in [-0.15, -0.1) is 0 Å². The Morgan fingerprint density at radius 1 is 1.14 bits per heavy atom. The maximum absolute atomic E-state index is 15.1. The van der Waals surface area contributed by atoms with Crippen LogP contribution < -0.4 is 0 Å². The number of carbonyl (C=O) groups is 1. The Labute approximate surface area is 204 Å². The molecule has 2 heterocycles. The molecule has 4 rings (SSSR count). The molecule has 186 valence electrons. The van der Waals surface area contributed by atoms with E-state index in [1.165, 1.54) is 10.6 Å². The lowest BCUT2D eigenvalue weighted by Crippen LogP contribution is -2.44. The topological polar surface area (TPSA) is 72.3 Å². The van der Waals surface area contributed by atoms with Gasteiger partial charge in [-0.1, -0.05) is 37.3 Å². The molecule has 0 saturated carbocycles. The van der Waals surface area contributed by atoms with Gasteiger partial charge in [0, 0.05) is 37.8 Å². The fraction of sp³-hybridized carbons (Fsp3) is 0.385. The van der Waals surface area contributed by atoms with Crippen LogP contribution in [0.25, 0.3) is 0 Å². The van der Waals surface area contributed by atoms with Crippen LogP contribution in [0.5, 0.6) is 0 Å². The standard InChI is InChI=1S/C26H29F2N3O3S/c1-17(11-25(32)24-15-30(3)16-29-24)21-13-22(27)20(12-23(21)28)14-31-18(2)9-10-26(35(31,33)34)19-7-5-4-6-8-19/h4-8,12-13,15-18,26H,9-11,14H2,1-3H3/t17?,18-,26+/m1/s1. The molecule has 0 spiro atoms. The Morgan fingerprint density at radius 3 is 2.51 bits per heavy atom. The number of ketones is 1. The number of halogens is 2. The number of aryl methyl sites for hydroxylation is 1. The molecule has 0 N–H and O–H groups in total. The number of rotatable bonds is 7. The molecule has 1 fully saturated rings. The van der Waals surface area contributed by atoms with Gasteiger partial charge in [0.05, 0.1) is 6.33 Å². The van der Waals surface area contributed by atoms with Crippen molar-refractivity contribution in [2.24, 2.45) is 7.05 Å². The van der Waals surface area contributed by atoms with Gasteiger partial charge in [-0.3, -0.25) is 4.79 Å². The lowest BCUT2D eigenvalue weighted by Gasteiger charge is -2.37. The molecule has 1 aliphatic heterocycles. The van der Waals surface area contributed by atoms with E-state index in [-0.39, 0.29) is 41.6 Å². The van der Waals surface area contributed by atoms with Gasteiger partial charge in [0.1, 0.15) is 22.6 Å². The molecule has 1 aliphatic rings. The summed E-state index contributed by atoms with van der Waals surface area (Å²) in [6, 6.07) is 10.8. The summed E-state index contributed by atoms with van der Waals surface area (Å²) in [5.74, 6) is -2.19. The first-order valence-corrected chi connectivity index (χ1v) is 13.1. The van der Waals surface area contributed by atoms with Gasteiger partial charge in [0.25, 0.3) is 0 Å². The van der Waals surface area contributed by atoms with Gasteiger partial charge < -0.3 is 4.57 Å². The van der Waals surface area contributed by atoms with E-state index in [1.54, 1.807) is 55.9 Å². The van der Waals surface area contributed by atoms with Gasteiger partial charge in [0.2, 0.25) is 10.0 Å². The lowest BCUT2D eigenvalue weighted by molar-refractivity contribution is 0.0970. The van der Waals surface area contributed by atoms with E-state index in [2.05, 4.69) is 4.98 Å². The van der Waals surface area contributed by atoms with Crippen molar-refractivity contribution < 1.29 is 22.0 Å². The van der Waals surface area contributed by atoms with E-state index < -0.39 is 32.8 Å². The van der Waals surface area contributed by atoms with E-state index in [0.717, 1.165) is 12.1 Å². The van der Waals surface area contributed by atoms with Crippen molar-refractivity contribution in [2.75, 3.05) is 0 Å². The zero-order valence-electron chi connectivity index (χ0n) is 20.0. The van der Waals surface area contributed by atoms with Crippen LogP contribution in [0.1, 0.15) is 71.5 Å². The second-order valence-electron chi connectivity index (χ2n) is 9.33. The third-order valence-electron chi connectivity index (χ3n) is 6.70. The fourth-order valence-corrected chi connectivity index (χ4v) is 6.86. The van der Waals surface area contributed by atoms with Crippen molar-refractivity contribution in [3.8, 4) is 0 Å². The van der Waals surface area contributed by atoms with Crippen molar-refractivity contribution in [3.05, 3.63) is 89.0 Å². The first kappa shape index (κ1) is 25.2. The zero-order chi connectivity index (χ0) is 25.3. The van der Waals surface area contributed by atoms with Crippen molar-refractivity contribution in [1.29, 1.82) is 0 Å². The number of hydrogen-bond acceptors (Lipinski definition) is 4. The Kier molecular flexibility index (Phi) is 7.19. The van der Waals surface area contributed by atoms with Crippen LogP contribution in [0, 0.1) is 11.6 Å². The molecule has 0 amide bonds. The van der Waals surface area contributed by atoms with Crippen molar-refractivity contribution >= 4 is 15.8 Å². The minimum atomic E-state index is -3.77. The van der Waals surface area contributed by atoms with Crippen LogP contribution in [-0.2, 0) is 23.6 Å². The SMILES string of the molecule is CC(CC(=O)c1cn(C)cn1)c1cc(F)c(CN2[C@H](C)CC[C@@H](c3ccccc3)S2(=O)=O)cc1F. The third kappa shape index (κ3) is 5.21. The number of benzene rings is 2. The van der Waals surface area contributed by atoms with Crippen LogP contribution in [0.2, 0.25) is 0 Å². The summed E-state index contributed by atoms with van der Waals surface area (Å²) in [5, 5.41) is -0.718. The number of sulfonamides is 1. The number of imidazole rings is 1. The second-order valence-corrected chi connectivity index (χ2v) is 11.4. The lowest BCUT2D eigenvalue weighted by atomic mass is 9.93. The summed E-state index contributed by atoms with van der Waals surface area (Å²) < 4.78 is 59.9. The Bertz CT molecular complexity index is 1320. The van der Waals surface area contributed by atoms with E-state index >= 15 is 8.78 Å². The highest BCUT2D eigenvalue weighted by Gasteiger charge is 2.40. The first-order chi connectivity index (χ1) is 16.6. The highest BCUT2D eigenvalue weighted by molar-refractivity contribution is 7.89. The van der Waals surface area contributed by atoms with Crippen LogP contribution in [0.3, 0.4) is 0 Å². The quantitative estimate of drug-likeness (QED) is 0.421. The number of nitrogens with zero attached hydrogens (tertiary/aromatic N) is 3. The average molecular weight is 502 g/mol. The highest BCUT2D eigenvalue weighted by atomic mass is 32.2. The van der Waals surface area contributed by atoms with E-state index in [9.17, 15) is 13.2 Å². The van der Waals surface area contributed by atoms with Gasteiger partial charge in [-0.05, 0) is 48.9 Å². The minimum Gasteiger partial charge on any atom is -0.340 e. The van der Waals surface area contributed by atoms with Crippen LogP contribution in [0.4, 0.5) is 8.78 Å². The summed E-state index contributed by atoms with van der Waals surface area (Å²) in [5.41, 5.74) is 1.01. The Morgan fingerprint density at radius 2 is 1.86 bits per heavy atom. The molecular weight excluding hydrogens is 472 g/mol. The largest absolute Gasteiger partial charge is 0.340 e. The molecule has 3 aromatic rings. The minimum absolute atomic E-state index is 0.0248. The Hall–Kier alpha value is -2.91. The molecule has 6 nitrogen and oxygen atoms in total. The van der Waals surface area contributed by atoms with Crippen LogP contribution >= 0.6 is 0 Å². The molecule has 0 bridgehead atoms. The third-order valence-corrected chi connectivity index (χ3v) is 9.07. The predicted molar refractivity (Wildman–Crippen MR) is 129 cm³/mol. The molecular formula is C26H29F2N3O3S. The van der Waals surface area contributed by atoms with Gasteiger partial charge in [0.15, 0.2) is 5.78 Å². The fourth-order valence-electron chi connectivity index (χ4n) is 4.67. The number of aromatic nitrogens is 2. The van der Waals surface area contributed by atoms with Gasteiger partial charge >= 0.3 is 0 Å². The van der Waals surface area contributed by atoms with Gasteiger partial charge in [-0.2, -0.15) is 4.31 Å². The number of Topliss-reactive ketones (excluding diaryl/α,β-unsaturated/α-hetero) is 1. The van der Waals surface area contributed by atoms with Crippen LogP contribution in [0.15, 0.2) is 55.0 Å². The van der Waals surface area contributed by atoms with Crippen molar-refractivity contribution in [3.63, 3.8) is 0 Å². The Balaban J connectivity index is 1.55. The molecule has 0 radical (unpaired) electrons. The summed E-state index contributed by atoms with van der Waals surface area (Å²) >= 11 is 0. The highest BCUT2D eigenvalue weighted by Crippen LogP contribution is 2.38. The summed E-state index contributed by atoms with van der Waals surface area (Å²) in [7, 11) is -2.03. The molecule has 1 aromatic heterocycles.